The summed E-state index contributed by atoms with van der Waals surface area (Å²) in [7, 11) is 3.18. The standard InChI is InChI=1S/C20H26FN3O3/c1-4-16(27-17-7-5-6-15(21)11-17)13-24-20(22)23-12-14-8-9-18(25-2)19(10-14)26-3/h5-11,16H,4,12-13H2,1-3H3,(H3,22,23,24). The first-order chi connectivity index (χ1) is 13.0. The molecule has 0 aliphatic rings. The Kier molecular flexibility index (Phi) is 7.73. The summed E-state index contributed by atoms with van der Waals surface area (Å²) in [6.07, 6.45) is 0.591. The number of hydrogen-bond donors (Lipinski definition) is 2. The molecule has 0 fully saturated rings. The van der Waals surface area contributed by atoms with E-state index in [0.29, 0.717) is 36.3 Å². The zero-order valence-electron chi connectivity index (χ0n) is 15.9. The second-order valence-electron chi connectivity index (χ2n) is 5.88. The molecule has 0 saturated carbocycles. The Morgan fingerprint density at radius 2 is 1.93 bits per heavy atom. The van der Waals surface area contributed by atoms with Gasteiger partial charge in [-0.1, -0.05) is 19.1 Å². The SMILES string of the molecule is CCC(CNC(N)=NCc1ccc(OC)c(OC)c1)Oc1cccc(F)c1. The van der Waals surface area contributed by atoms with Crippen molar-refractivity contribution in [2.45, 2.75) is 26.0 Å². The summed E-state index contributed by atoms with van der Waals surface area (Å²) in [6, 6.07) is 11.7. The van der Waals surface area contributed by atoms with Crippen LogP contribution in [0.25, 0.3) is 0 Å². The van der Waals surface area contributed by atoms with E-state index in [9.17, 15) is 4.39 Å². The van der Waals surface area contributed by atoms with Crippen LogP contribution in [0.4, 0.5) is 4.39 Å². The topological polar surface area (TPSA) is 78.1 Å². The van der Waals surface area contributed by atoms with E-state index in [1.54, 1.807) is 26.4 Å². The van der Waals surface area contributed by atoms with E-state index < -0.39 is 0 Å². The molecule has 2 aromatic carbocycles. The minimum absolute atomic E-state index is 0.151. The molecule has 0 heterocycles. The molecular formula is C20H26FN3O3. The molecule has 0 aliphatic carbocycles. The highest BCUT2D eigenvalue weighted by Crippen LogP contribution is 2.27. The van der Waals surface area contributed by atoms with E-state index in [1.165, 1.54) is 12.1 Å². The van der Waals surface area contributed by atoms with Crippen molar-refractivity contribution in [3.63, 3.8) is 0 Å². The highest BCUT2D eigenvalue weighted by Gasteiger charge is 2.09. The fourth-order valence-corrected chi connectivity index (χ4v) is 2.43. The molecule has 2 rings (SSSR count). The van der Waals surface area contributed by atoms with Crippen LogP contribution in [-0.2, 0) is 6.54 Å². The van der Waals surface area contributed by atoms with Crippen LogP contribution in [-0.4, -0.2) is 32.8 Å². The molecule has 7 heteroatoms. The number of halogens is 1. The summed E-state index contributed by atoms with van der Waals surface area (Å²) in [5, 5.41) is 3.04. The van der Waals surface area contributed by atoms with Crippen LogP contribution in [0, 0.1) is 5.82 Å². The van der Waals surface area contributed by atoms with Crippen molar-refractivity contribution < 1.29 is 18.6 Å². The molecule has 2 aromatic rings. The second-order valence-corrected chi connectivity index (χ2v) is 5.88. The van der Waals surface area contributed by atoms with E-state index in [1.807, 2.05) is 25.1 Å². The summed E-state index contributed by atoms with van der Waals surface area (Å²) in [4.78, 5) is 4.32. The molecule has 0 amide bonds. The van der Waals surface area contributed by atoms with Crippen LogP contribution < -0.4 is 25.3 Å². The molecule has 3 N–H and O–H groups in total. The lowest BCUT2D eigenvalue weighted by molar-refractivity contribution is 0.199. The zero-order valence-corrected chi connectivity index (χ0v) is 15.9. The van der Waals surface area contributed by atoms with Crippen LogP contribution >= 0.6 is 0 Å². The maximum Gasteiger partial charge on any atom is 0.189 e. The smallest absolute Gasteiger partial charge is 0.189 e. The first kappa shape index (κ1) is 20.4. The van der Waals surface area contributed by atoms with Gasteiger partial charge in [-0.25, -0.2) is 9.38 Å². The van der Waals surface area contributed by atoms with Crippen molar-refractivity contribution in [1.29, 1.82) is 0 Å². The first-order valence-electron chi connectivity index (χ1n) is 8.72. The van der Waals surface area contributed by atoms with Crippen molar-refractivity contribution >= 4 is 5.96 Å². The number of methoxy groups -OCH3 is 2. The maximum absolute atomic E-state index is 13.2. The molecule has 1 atom stereocenters. The van der Waals surface area contributed by atoms with Gasteiger partial charge in [-0.3, -0.25) is 0 Å². The molecule has 0 radical (unpaired) electrons. The van der Waals surface area contributed by atoms with Gasteiger partial charge in [0.15, 0.2) is 17.5 Å². The molecule has 0 aromatic heterocycles. The van der Waals surface area contributed by atoms with Crippen LogP contribution in [0.3, 0.4) is 0 Å². The second kappa shape index (κ2) is 10.3. The summed E-state index contributed by atoms with van der Waals surface area (Å²) >= 11 is 0. The Morgan fingerprint density at radius 3 is 2.59 bits per heavy atom. The van der Waals surface area contributed by atoms with Crippen LogP contribution in [0.1, 0.15) is 18.9 Å². The fraction of sp³-hybridized carbons (Fsp3) is 0.350. The molecule has 0 bridgehead atoms. The van der Waals surface area contributed by atoms with E-state index in [4.69, 9.17) is 19.9 Å². The van der Waals surface area contributed by atoms with Crippen molar-refractivity contribution in [3.05, 3.63) is 53.8 Å². The van der Waals surface area contributed by atoms with Gasteiger partial charge >= 0.3 is 0 Å². The van der Waals surface area contributed by atoms with Crippen molar-refractivity contribution in [1.82, 2.24) is 5.32 Å². The third kappa shape index (κ3) is 6.36. The van der Waals surface area contributed by atoms with Crippen molar-refractivity contribution in [3.8, 4) is 17.2 Å². The van der Waals surface area contributed by atoms with Gasteiger partial charge in [0.1, 0.15) is 17.7 Å². The van der Waals surface area contributed by atoms with Gasteiger partial charge in [0.25, 0.3) is 0 Å². The maximum atomic E-state index is 13.2. The van der Waals surface area contributed by atoms with Crippen LogP contribution in [0.15, 0.2) is 47.5 Å². The van der Waals surface area contributed by atoms with E-state index in [2.05, 4.69) is 10.3 Å². The number of benzene rings is 2. The third-order valence-corrected chi connectivity index (χ3v) is 3.94. The number of nitrogens with zero attached hydrogens (tertiary/aromatic N) is 1. The van der Waals surface area contributed by atoms with E-state index in [0.717, 1.165) is 12.0 Å². The Balaban J connectivity index is 1.88. The number of ether oxygens (including phenoxy) is 3. The monoisotopic (exact) mass is 375 g/mol. The predicted molar refractivity (Wildman–Crippen MR) is 104 cm³/mol. The summed E-state index contributed by atoms with van der Waals surface area (Å²) in [5.41, 5.74) is 6.88. The largest absolute Gasteiger partial charge is 0.493 e. The van der Waals surface area contributed by atoms with Gasteiger partial charge in [-0.2, -0.15) is 0 Å². The molecule has 0 aliphatic heterocycles. The summed E-state index contributed by atoms with van der Waals surface area (Å²) < 4.78 is 29.5. The van der Waals surface area contributed by atoms with Crippen LogP contribution in [0.2, 0.25) is 0 Å². The van der Waals surface area contributed by atoms with Crippen molar-refractivity contribution in [2.75, 3.05) is 20.8 Å². The molecule has 146 valence electrons. The molecule has 0 saturated heterocycles. The van der Waals surface area contributed by atoms with Crippen molar-refractivity contribution in [2.24, 2.45) is 10.7 Å². The highest BCUT2D eigenvalue weighted by molar-refractivity contribution is 5.77. The Bertz CT molecular complexity index is 768. The number of rotatable bonds is 9. The lowest BCUT2D eigenvalue weighted by atomic mass is 10.2. The Morgan fingerprint density at radius 1 is 1.15 bits per heavy atom. The Hall–Kier alpha value is -2.96. The molecular weight excluding hydrogens is 349 g/mol. The number of hydrogen-bond acceptors (Lipinski definition) is 4. The highest BCUT2D eigenvalue weighted by atomic mass is 19.1. The average Bonchev–Trinajstić information content (AvgIpc) is 2.69. The lowest BCUT2D eigenvalue weighted by Gasteiger charge is -2.18. The van der Waals surface area contributed by atoms with Gasteiger partial charge < -0.3 is 25.3 Å². The van der Waals surface area contributed by atoms with E-state index in [-0.39, 0.29) is 11.9 Å². The normalized spacial score (nSPS) is 12.4. The van der Waals surface area contributed by atoms with Gasteiger partial charge in [0.05, 0.1) is 27.3 Å². The quantitative estimate of drug-likeness (QED) is 0.520. The van der Waals surface area contributed by atoms with Gasteiger partial charge in [-0.05, 0) is 36.2 Å². The summed E-state index contributed by atoms with van der Waals surface area (Å²) in [6.45, 7) is 2.86. The number of guanidine groups is 1. The molecule has 0 spiro atoms. The van der Waals surface area contributed by atoms with Gasteiger partial charge in [0, 0.05) is 6.07 Å². The average molecular weight is 375 g/mol. The third-order valence-electron chi connectivity index (χ3n) is 3.94. The molecule has 1 unspecified atom stereocenters. The van der Waals surface area contributed by atoms with Gasteiger partial charge in [0.2, 0.25) is 0 Å². The van der Waals surface area contributed by atoms with Crippen LogP contribution in [0.5, 0.6) is 17.2 Å². The number of nitrogens with one attached hydrogen (secondary N) is 1. The number of nitrogens with two attached hydrogens (primary N) is 1. The number of aliphatic imine (C=N–C) groups is 1. The Labute approximate surface area is 159 Å². The minimum atomic E-state index is -0.327. The minimum Gasteiger partial charge on any atom is -0.493 e. The lowest BCUT2D eigenvalue weighted by Crippen LogP contribution is -2.39. The fourth-order valence-electron chi connectivity index (χ4n) is 2.43. The van der Waals surface area contributed by atoms with Gasteiger partial charge in [-0.15, -0.1) is 0 Å². The molecule has 27 heavy (non-hydrogen) atoms. The molecule has 6 nitrogen and oxygen atoms in total. The predicted octanol–water partition coefficient (Wildman–Crippen LogP) is 3.10. The van der Waals surface area contributed by atoms with E-state index >= 15 is 0 Å². The zero-order chi connectivity index (χ0) is 19.6. The first-order valence-corrected chi connectivity index (χ1v) is 8.72. The summed E-state index contributed by atoms with van der Waals surface area (Å²) in [5.74, 6) is 1.78.